The number of hydrogen-bond donors (Lipinski definition) is 0. The Balaban J connectivity index is 1.99. The molecule has 0 N–H and O–H groups in total. The largest absolute Gasteiger partial charge is 0.419 e. The molecule has 3 rings (SSSR count). The van der Waals surface area contributed by atoms with Gasteiger partial charge in [0, 0.05) is 13.1 Å². The molecule has 4 nitrogen and oxygen atoms in total. The lowest BCUT2D eigenvalue weighted by molar-refractivity contribution is -0.139. The molecule has 140 valence electrons. The van der Waals surface area contributed by atoms with Gasteiger partial charge in [0.2, 0.25) is 0 Å². The van der Waals surface area contributed by atoms with E-state index >= 15 is 0 Å². The zero-order valence-electron chi connectivity index (χ0n) is 13.7. The second-order valence-corrected chi connectivity index (χ2v) is 7.51. The summed E-state index contributed by atoms with van der Waals surface area (Å²) in [5.41, 5.74) is -0.323. The number of hydroxylamine groups is 2. The van der Waals surface area contributed by atoms with Crippen LogP contribution in [0.2, 0.25) is 0 Å². The van der Waals surface area contributed by atoms with Crippen molar-refractivity contribution in [2.24, 2.45) is 0 Å². The van der Waals surface area contributed by atoms with E-state index in [1.807, 2.05) is 0 Å². The summed E-state index contributed by atoms with van der Waals surface area (Å²) in [5.74, 6) is -1.42. The smallest absolute Gasteiger partial charge is 0.206 e. The third-order valence-corrected chi connectivity index (χ3v) is 5.34. The number of benzene rings is 2. The van der Waals surface area contributed by atoms with Gasteiger partial charge in [-0.05, 0) is 54.3 Å². The van der Waals surface area contributed by atoms with Crippen LogP contribution in [0.15, 0.2) is 41.3 Å². The third kappa shape index (κ3) is 3.74. The molecule has 0 atom stereocenters. The molecule has 0 bridgehead atoms. The van der Waals surface area contributed by atoms with Gasteiger partial charge in [-0.3, -0.25) is 0 Å². The standard InChI is InChI=1S/C17H15F4NO3S/c1-11-3-5-13(26(23,24)25-22-7-2-8-22)10-14(11)12-4-6-15(16(18)9-12)17(19,20)21/h3-6,9-10H,2,7-8H2,1H3. The Bertz CT molecular complexity index is 938. The Morgan fingerprint density at radius 1 is 1.08 bits per heavy atom. The van der Waals surface area contributed by atoms with E-state index in [4.69, 9.17) is 4.28 Å². The molecule has 0 radical (unpaired) electrons. The fraction of sp³-hybridized carbons (Fsp3) is 0.294. The number of nitrogens with zero attached hydrogens (tertiary/aromatic N) is 1. The zero-order valence-corrected chi connectivity index (χ0v) is 14.5. The highest BCUT2D eigenvalue weighted by Gasteiger charge is 2.34. The van der Waals surface area contributed by atoms with Gasteiger partial charge in [0.15, 0.2) is 0 Å². The molecule has 26 heavy (non-hydrogen) atoms. The van der Waals surface area contributed by atoms with E-state index in [-0.39, 0.29) is 10.5 Å². The highest BCUT2D eigenvalue weighted by molar-refractivity contribution is 7.86. The maximum Gasteiger partial charge on any atom is 0.419 e. The van der Waals surface area contributed by atoms with Gasteiger partial charge in [-0.15, -0.1) is 0 Å². The van der Waals surface area contributed by atoms with Crippen molar-refractivity contribution in [1.29, 1.82) is 0 Å². The number of rotatable bonds is 4. The van der Waals surface area contributed by atoms with Crippen LogP contribution in [0.3, 0.4) is 0 Å². The van der Waals surface area contributed by atoms with Crippen LogP contribution in [0.4, 0.5) is 17.6 Å². The van der Waals surface area contributed by atoms with Crippen LogP contribution >= 0.6 is 0 Å². The van der Waals surface area contributed by atoms with Crippen LogP contribution in [0, 0.1) is 12.7 Å². The lowest BCUT2D eigenvalue weighted by Crippen LogP contribution is -2.38. The van der Waals surface area contributed by atoms with Crippen molar-refractivity contribution in [3.63, 3.8) is 0 Å². The van der Waals surface area contributed by atoms with Crippen molar-refractivity contribution in [2.45, 2.75) is 24.4 Å². The quantitative estimate of drug-likeness (QED) is 0.738. The molecule has 1 heterocycles. The normalized spacial score (nSPS) is 15.7. The molecule has 2 aromatic rings. The molecule has 0 amide bonds. The molecule has 0 aliphatic carbocycles. The molecule has 1 aliphatic rings. The van der Waals surface area contributed by atoms with Gasteiger partial charge in [-0.2, -0.15) is 30.9 Å². The van der Waals surface area contributed by atoms with Crippen LogP contribution in [0.5, 0.6) is 0 Å². The zero-order chi connectivity index (χ0) is 19.1. The molecule has 0 aromatic heterocycles. The third-order valence-electron chi connectivity index (χ3n) is 4.10. The summed E-state index contributed by atoms with van der Waals surface area (Å²) in [6.45, 7) is 2.65. The molecule has 2 aromatic carbocycles. The summed E-state index contributed by atoms with van der Waals surface area (Å²) in [4.78, 5) is -0.148. The summed E-state index contributed by atoms with van der Waals surface area (Å²) >= 11 is 0. The number of aryl methyl sites for hydroxylation is 1. The molecular formula is C17H15F4NO3S. The second-order valence-electron chi connectivity index (χ2n) is 5.98. The summed E-state index contributed by atoms with van der Waals surface area (Å²) < 4.78 is 81.5. The maximum absolute atomic E-state index is 13.9. The number of hydrogen-bond acceptors (Lipinski definition) is 4. The Kier molecular flexibility index (Phi) is 4.80. The van der Waals surface area contributed by atoms with Crippen LogP contribution < -0.4 is 0 Å². The predicted octanol–water partition coefficient (Wildman–Crippen LogP) is 4.15. The first-order valence-corrected chi connectivity index (χ1v) is 9.16. The van der Waals surface area contributed by atoms with Crippen LogP contribution in [-0.2, 0) is 20.6 Å². The van der Waals surface area contributed by atoms with Crippen molar-refractivity contribution in [3.8, 4) is 11.1 Å². The van der Waals surface area contributed by atoms with Gasteiger partial charge in [0.1, 0.15) is 5.82 Å². The average Bonchev–Trinajstić information content (AvgIpc) is 2.50. The van der Waals surface area contributed by atoms with E-state index in [1.165, 1.54) is 23.3 Å². The van der Waals surface area contributed by atoms with Crippen molar-refractivity contribution in [3.05, 3.63) is 53.3 Å². The molecule has 1 saturated heterocycles. The van der Waals surface area contributed by atoms with E-state index in [2.05, 4.69) is 0 Å². The Morgan fingerprint density at radius 2 is 1.77 bits per heavy atom. The van der Waals surface area contributed by atoms with Gasteiger partial charge in [0.25, 0.3) is 0 Å². The lowest BCUT2D eigenvalue weighted by Gasteiger charge is -2.28. The van der Waals surface area contributed by atoms with Crippen molar-refractivity contribution >= 4 is 10.1 Å². The Morgan fingerprint density at radius 3 is 2.31 bits per heavy atom. The molecular weight excluding hydrogens is 374 g/mol. The Labute approximate surface area is 148 Å². The fourth-order valence-corrected chi connectivity index (χ4v) is 3.53. The first-order valence-electron chi connectivity index (χ1n) is 7.75. The molecule has 1 aliphatic heterocycles. The van der Waals surface area contributed by atoms with Crippen LogP contribution in [0.1, 0.15) is 17.5 Å². The van der Waals surface area contributed by atoms with Gasteiger partial charge in [0.05, 0.1) is 10.5 Å². The van der Waals surface area contributed by atoms with Crippen molar-refractivity contribution in [1.82, 2.24) is 5.06 Å². The monoisotopic (exact) mass is 389 g/mol. The molecule has 0 saturated carbocycles. The minimum absolute atomic E-state index is 0.147. The van der Waals surface area contributed by atoms with Gasteiger partial charge in [-0.1, -0.05) is 12.1 Å². The molecule has 9 heteroatoms. The van der Waals surface area contributed by atoms with Crippen LogP contribution in [0.25, 0.3) is 11.1 Å². The minimum Gasteiger partial charge on any atom is -0.206 e. The first kappa shape index (κ1) is 18.8. The SMILES string of the molecule is Cc1ccc(S(=O)(=O)ON2CCC2)cc1-c1ccc(C(F)(F)F)c(F)c1. The number of halogens is 4. The summed E-state index contributed by atoms with van der Waals surface area (Å²) in [5, 5.41) is 1.30. The van der Waals surface area contributed by atoms with Gasteiger partial charge in [-0.25, -0.2) is 4.39 Å². The molecule has 0 unspecified atom stereocenters. The summed E-state index contributed by atoms with van der Waals surface area (Å²) in [6, 6.07) is 6.61. The highest BCUT2D eigenvalue weighted by Crippen LogP contribution is 2.35. The van der Waals surface area contributed by atoms with Gasteiger partial charge < -0.3 is 0 Å². The summed E-state index contributed by atoms with van der Waals surface area (Å²) in [7, 11) is -4.06. The average molecular weight is 389 g/mol. The van der Waals surface area contributed by atoms with Crippen molar-refractivity contribution in [2.75, 3.05) is 13.1 Å². The fourth-order valence-electron chi connectivity index (χ4n) is 2.52. The summed E-state index contributed by atoms with van der Waals surface area (Å²) in [6.07, 6.45) is -3.96. The predicted molar refractivity (Wildman–Crippen MR) is 86.0 cm³/mol. The van der Waals surface area contributed by atoms with E-state index in [0.717, 1.165) is 18.6 Å². The number of alkyl halides is 3. The molecule has 1 fully saturated rings. The van der Waals surface area contributed by atoms with Crippen LogP contribution in [-0.4, -0.2) is 26.6 Å². The lowest BCUT2D eigenvalue weighted by atomic mass is 9.99. The van der Waals surface area contributed by atoms with E-state index in [9.17, 15) is 26.0 Å². The second kappa shape index (κ2) is 6.64. The maximum atomic E-state index is 13.9. The minimum atomic E-state index is -4.80. The highest BCUT2D eigenvalue weighted by atomic mass is 32.2. The van der Waals surface area contributed by atoms with Gasteiger partial charge >= 0.3 is 16.3 Å². The Hall–Kier alpha value is -1.97. The van der Waals surface area contributed by atoms with Crippen molar-refractivity contribution < 1.29 is 30.3 Å². The first-order chi connectivity index (χ1) is 12.1. The molecule has 0 spiro atoms. The van der Waals surface area contributed by atoms with E-state index in [1.54, 1.807) is 6.92 Å². The van der Waals surface area contributed by atoms with E-state index < -0.39 is 27.7 Å². The topological polar surface area (TPSA) is 46.6 Å². The van der Waals surface area contributed by atoms with E-state index in [0.29, 0.717) is 30.3 Å².